The first-order valence-corrected chi connectivity index (χ1v) is 9.40. The maximum absolute atomic E-state index is 12.4. The quantitative estimate of drug-likeness (QED) is 0.593. The van der Waals surface area contributed by atoms with Crippen molar-refractivity contribution in [3.8, 4) is 6.07 Å². The van der Waals surface area contributed by atoms with Crippen molar-refractivity contribution >= 4 is 29.3 Å². The molecule has 134 valence electrons. The summed E-state index contributed by atoms with van der Waals surface area (Å²) >= 11 is 1.39. The second kappa shape index (κ2) is 10.1. The molecule has 1 aliphatic heterocycles. The summed E-state index contributed by atoms with van der Waals surface area (Å²) in [6, 6.07) is 9.53. The normalized spacial score (nSPS) is 17.5. The minimum absolute atomic E-state index is 0.116. The van der Waals surface area contributed by atoms with Crippen LogP contribution in [0.5, 0.6) is 0 Å². The van der Waals surface area contributed by atoms with Crippen molar-refractivity contribution in [2.45, 2.75) is 24.7 Å². The molecule has 1 saturated heterocycles. The second-order valence-electron chi connectivity index (χ2n) is 5.82. The molecule has 1 aliphatic rings. The summed E-state index contributed by atoms with van der Waals surface area (Å²) in [5, 5.41) is 11.6. The Morgan fingerprint density at radius 1 is 1.44 bits per heavy atom. The molecular weight excluding hydrogens is 338 g/mol. The Hall–Kier alpha value is -2.04. The molecule has 0 unspecified atom stereocenters. The number of amides is 1. The summed E-state index contributed by atoms with van der Waals surface area (Å²) in [6.45, 7) is 3.78. The van der Waals surface area contributed by atoms with Gasteiger partial charge in [0.1, 0.15) is 0 Å². The van der Waals surface area contributed by atoms with E-state index in [4.69, 9.17) is 10.00 Å². The molecular formula is C18H23N3O3S. The Morgan fingerprint density at radius 3 is 3.00 bits per heavy atom. The van der Waals surface area contributed by atoms with Crippen molar-refractivity contribution < 1.29 is 14.3 Å². The van der Waals surface area contributed by atoms with Crippen LogP contribution in [0.4, 0.5) is 5.69 Å². The number of carbonyl (C=O) groups excluding carboxylic acids is 2. The number of hydrogen-bond acceptors (Lipinski definition) is 6. The van der Waals surface area contributed by atoms with Crippen molar-refractivity contribution in [2.24, 2.45) is 5.92 Å². The molecule has 1 atom stereocenters. The van der Waals surface area contributed by atoms with E-state index >= 15 is 0 Å². The predicted molar refractivity (Wildman–Crippen MR) is 97.2 cm³/mol. The van der Waals surface area contributed by atoms with Gasteiger partial charge in [0.05, 0.1) is 36.6 Å². The summed E-state index contributed by atoms with van der Waals surface area (Å²) in [7, 11) is 0. The lowest BCUT2D eigenvalue weighted by molar-refractivity contribution is -0.150. The van der Waals surface area contributed by atoms with Gasteiger partial charge < -0.3 is 10.1 Å². The van der Waals surface area contributed by atoms with E-state index in [2.05, 4.69) is 11.4 Å². The minimum atomic E-state index is -0.175. The van der Waals surface area contributed by atoms with Gasteiger partial charge in [0.25, 0.3) is 0 Å². The van der Waals surface area contributed by atoms with Crippen LogP contribution in [0.1, 0.15) is 19.8 Å². The molecule has 1 N–H and O–H groups in total. The monoisotopic (exact) mass is 361 g/mol. The Morgan fingerprint density at radius 2 is 2.24 bits per heavy atom. The van der Waals surface area contributed by atoms with Crippen LogP contribution in [0, 0.1) is 17.2 Å². The van der Waals surface area contributed by atoms with Gasteiger partial charge in [-0.3, -0.25) is 14.5 Å². The van der Waals surface area contributed by atoms with Gasteiger partial charge in [-0.1, -0.05) is 12.1 Å². The maximum atomic E-state index is 12.4. The number of nitriles is 1. The number of para-hydroxylation sites is 1. The van der Waals surface area contributed by atoms with Gasteiger partial charge in [0.2, 0.25) is 5.91 Å². The Labute approximate surface area is 152 Å². The van der Waals surface area contributed by atoms with Crippen LogP contribution in [0.15, 0.2) is 29.2 Å². The molecule has 0 aromatic heterocycles. The molecule has 1 aromatic rings. The van der Waals surface area contributed by atoms with Gasteiger partial charge in [0, 0.05) is 11.4 Å². The minimum Gasteiger partial charge on any atom is -0.466 e. The molecule has 1 amide bonds. The maximum Gasteiger partial charge on any atom is 0.310 e. The van der Waals surface area contributed by atoms with E-state index in [0.717, 1.165) is 24.3 Å². The zero-order valence-corrected chi connectivity index (χ0v) is 15.2. The second-order valence-corrected chi connectivity index (χ2v) is 6.83. The molecule has 1 heterocycles. The van der Waals surface area contributed by atoms with E-state index in [1.165, 1.54) is 11.8 Å². The van der Waals surface area contributed by atoms with Gasteiger partial charge in [-0.2, -0.15) is 5.26 Å². The van der Waals surface area contributed by atoms with Gasteiger partial charge >= 0.3 is 5.97 Å². The van der Waals surface area contributed by atoms with Gasteiger partial charge in [0.15, 0.2) is 0 Å². The SMILES string of the molecule is CCOC(=O)[C@@H]1CCCN(CC(=O)Nc2ccccc2SCC#N)C1. The van der Waals surface area contributed by atoms with E-state index in [1.54, 1.807) is 6.92 Å². The number of piperidine rings is 1. The number of carbonyl (C=O) groups is 2. The third-order valence-electron chi connectivity index (χ3n) is 3.95. The zero-order chi connectivity index (χ0) is 18.1. The zero-order valence-electron chi connectivity index (χ0n) is 14.4. The van der Waals surface area contributed by atoms with Crippen molar-refractivity contribution in [2.75, 3.05) is 37.3 Å². The van der Waals surface area contributed by atoms with Crippen LogP contribution in [0.3, 0.4) is 0 Å². The lowest BCUT2D eigenvalue weighted by Gasteiger charge is -2.30. The molecule has 0 spiro atoms. The van der Waals surface area contributed by atoms with Gasteiger partial charge in [-0.25, -0.2) is 0 Å². The summed E-state index contributed by atoms with van der Waals surface area (Å²) in [4.78, 5) is 27.1. The van der Waals surface area contributed by atoms with Crippen LogP contribution >= 0.6 is 11.8 Å². The highest BCUT2D eigenvalue weighted by Crippen LogP contribution is 2.26. The fourth-order valence-corrected chi connectivity index (χ4v) is 3.52. The highest BCUT2D eigenvalue weighted by molar-refractivity contribution is 7.99. The lowest BCUT2D eigenvalue weighted by atomic mass is 9.98. The molecule has 7 heteroatoms. The third-order valence-corrected chi connectivity index (χ3v) is 4.89. The van der Waals surface area contributed by atoms with Crippen molar-refractivity contribution in [3.05, 3.63) is 24.3 Å². The van der Waals surface area contributed by atoms with Crippen LogP contribution in [0.25, 0.3) is 0 Å². The molecule has 1 aromatic carbocycles. The molecule has 0 bridgehead atoms. The topological polar surface area (TPSA) is 82.4 Å². The number of thioether (sulfide) groups is 1. The van der Waals surface area contributed by atoms with E-state index in [-0.39, 0.29) is 24.3 Å². The van der Waals surface area contributed by atoms with Crippen LogP contribution in [0.2, 0.25) is 0 Å². The summed E-state index contributed by atoms with van der Waals surface area (Å²) in [5.41, 5.74) is 0.715. The number of benzene rings is 1. The number of ether oxygens (including phenoxy) is 1. The first-order chi connectivity index (χ1) is 12.1. The van der Waals surface area contributed by atoms with E-state index in [9.17, 15) is 9.59 Å². The fourth-order valence-electron chi connectivity index (χ4n) is 2.85. The Kier molecular flexibility index (Phi) is 7.76. The smallest absolute Gasteiger partial charge is 0.310 e. The lowest BCUT2D eigenvalue weighted by Crippen LogP contribution is -2.43. The molecule has 1 fully saturated rings. The summed E-state index contributed by atoms with van der Waals surface area (Å²) in [6.07, 6.45) is 1.69. The molecule has 6 nitrogen and oxygen atoms in total. The number of nitrogens with zero attached hydrogens (tertiary/aromatic N) is 2. The molecule has 0 aliphatic carbocycles. The van der Waals surface area contributed by atoms with E-state index in [0.29, 0.717) is 24.6 Å². The Bertz CT molecular complexity index is 645. The fraction of sp³-hybridized carbons (Fsp3) is 0.500. The van der Waals surface area contributed by atoms with Crippen molar-refractivity contribution in [3.63, 3.8) is 0 Å². The van der Waals surface area contributed by atoms with Crippen molar-refractivity contribution in [1.82, 2.24) is 4.90 Å². The molecule has 0 saturated carbocycles. The summed E-state index contributed by atoms with van der Waals surface area (Å²) in [5.74, 6) is -0.111. The molecule has 2 rings (SSSR count). The predicted octanol–water partition coefficient (Wildman–Crippen LogP) is 2.52. The Balaban J connectivity index is 1.90. The first kappa shape index (κ1) is 19.3. The number of anilines is 1. The van der Waals surface area contributed by atoms with Crippen molar-refractivity contribution in [1.29, 1.82) is 5.26 Å². The van der Waals surface area contributed by atoms with Gasteiger partial charge in [-0.15, -0.1) is 11.8 Å². The number of rotatable bonds is 7. The number of esters is 1. The standard InChI is InChI=1S/C18H23N3O3S/c1-2-24-18(23)14-6-5-10-21(12-14)13-17(22)20-15-7-3-4-8-16(15)25-11-9-19/h3-4,7-8,14H,2,5-6,10-13H2,1H3,(H,20,22)/t14-/m1/s1. The number of hydrogen-bond donors (Lipinski definition) is 1. The highest BCUT2D eigenvalue weighted by Gasteiger charge is 2.27. The number of nitrogens with one attached hydrogen (secondary N) is 1. The average molecular weight is 361 g/mol. The van der Waals surface area contributed by atoms with Crippen LogP contribution < -0.4 is 5.32 Å². The van der Waals surface area contributed by atoms with Crippen LogP contribution in [-0.4, -0.2) is 48.8 Å². The molecule has 0 radical (unpaired) electrons. The number of likely N-dealkylation sites (tertiary alicyclic amines) is 1. The largest absolute Gasteiger partial charge is 0.466 e. The third kappa shape index (κ3) is 6.07. The van der Waals surface area contributed by atoms with Gasteiger partial charge in [-0.05, 0) is 38.4 Å². The average Bonchev–Trinajstić information content (AvgIpc) is 2.61. The first-order valence-electron chi connectivity index (χ1n) is 8.41. The molecule has 25 heavy (non-hydrogen) atoms. The highest BCUT2D eigenvalue weighted by atomic mass is 32.2. The van der Waals surface area contributed by atoms with E-state index in [1.807, 2.05) is 29.2 Å². The summed E-state index contributed by atoms with van der Waals surface area (Å²) < 4.78 is 5.09. The van der Waals surface area contributed by atoms with Crippen LogP contribution in [-0.2, 0) is 14.3 Å². The van der Waals surface area contributed by atoms with E-state index < -0.39 is 0 Å².